The highest BCUT2D eigenvalue weighted by atomic mass is 79.9. The first-order chi connectivity index (χ1) is 10.6. The van der Waals surface area contributed by atoms with Crippen LogP contribution in [0.2, 0.25) is 5.02 Å². The van der Waals surface area contributed by atoms with Crippen LogP contribution in [0.25, 0.3) is 0 Å². The van der Waals surface area contributed by atoms with Crippen LogP contribution >= 0.6 is 50.6 Å². The average Bonchev–Trinajstić information content (AvgIpc) is 2.91. The molecular formula is C13H13BrClN3O2S2. The maximum Gasteiger partial charge on any atom is 0.264 e. The summed E-state index contributed by atoms with van der Waals surface area (Å²) in [5.74, 6) is 1.25. The van der Waals surface area contributed by atoms with Crippen LogP contribution in [0.1, 0.15) is 13.3 Å². The fourth-order valence-electron chi connectivity index (χ4n) is 1.40. The monoisotopic (exact) mass is 421 g/mol. The summed E-state index contributed by atoms with van der Waals surface area (Å²) in [6.07, 6.45) is 1.07. The van der Waals surface area contributed by atoms with Gasteiger partial charge in [-0.05, 0) is 40.5 Å². The van der Waals surface area contributed by atoms with Gasteiger partial charge in [-0.25, -0.2) is 0 Å². The van der Waals surface area contributed by atoms with Gasteiger partial charge < -0.3 is 4.74 Å². The van der Waals surface area contributed by atoms with Gasteiger partial charge in [-0.1, -0.05) is 41.6 Å². The van der Waals surface area contributed by atoms with Crippen LogP contribution in [0.15, 0.2) is 27.0 Å². The Morgan fingerprint density at radius 1 is 1.50 bits per heavy atom. The summed E-state index contributed by atoms with van der Waals surface area (Å²) >= 11 is 12.2. The maximum absolute atomic E-state index is 11.8. The second-order valence-corrected chi connectivity index (χ2v) is 7.74. The standard InChI is InChI=1S/C13H13BrClN3O2S2/c1-2-5-21-13-18-17-12(22-13)16-11(19)7-20-10-4-3-8(15)6-9(10)14/h3-4,6H,2,5,7H2,1H3,(H,16,17,19). The lowest BCUT2D eigenvalue weighted by Gasteiger charge is -2.07. The van der Waals surface area contributed by atoms with Crippen LogP contribution in [0.5, 0.6) is 5.75 Å². The molecule has 1 heterocycles. The van der Waals surface area contributed by atoms with E-state index in [0.29, 0.717) is 20.4 Å². The smallest absolute Gasteiger partial charge is 0.264 e. The molecule has 0 aliphatic rings. The summed E-state index contributed by atoms with van der Waals surface area (Å²) < 4.78 is 6.97. The first-order valence-corrected chi connectivity index (χ1v) is 9.39. The third-order valence-electron chi connectivity index (χ3n) is 2.34. The number of halogens is 2. The van der Waals surface area contributed by atoms with Crippen molar-refractivity contribution in [3.63, 3.8) is 0 Å². The average molecular weight is 423 g/mol. The minimum atomic E-state index is -0.287. The molecule has 0 saturated carbocycles. The van der Waals surface area contributed by atoms with Gasteiger partial charge >= 0.3 is 0 Å². The molecule has 0 bridgehead atoms. The largest absolute Gasteiger partial charge is 0.483 e. The molecule has 0 atom stereocenters. The summed E-state index contributed by atoms with van der Waals surface area (Å²) in [7, 11) is 0. The summed E-state index contributed by atoms with van der Waals surface area (Å²) in [6.45, 7) is 1.99. The number of benzene rings is 1. The van der Waals surface area contributed by atoms with Crippen LogP contribution < -0.4 is 10.1 Å². The highest BCUT2D eigenvalue weighted by molar-refractivity contribution is 9.10. The van der Waals surface area contributed by atoms with Crippen molar-refractivity contribution in [2.24, 2.45) is 0 Å². The second kappa shape index (κ2) is 8.71. The number of ether oxygens (including phenoxy) is 1. The molecule has 1 aromatic heterocycles. The van der Waals surface area contributed by atoms with Gasteiger partial charge in [0.25, 0.3) is 5.91 Å². The number of rotatable bonds is 7. The molecule has 118 valence electrons. The van der Waals surface area contributed by atoms with Gasteiger partial charge in [0.2, 0.25) is 5.13 Å². The number of amides is 1. The minimum Gasteiger partial charge on any atom is -0.483 e. The SMILES string of the molecule is CCCSc1nnc(NC(=O)COc2ccc(Cl)cc2Br)s1. The molecular weight excluding hydrogens is 410 g/mol. The number of nitrogens with one attached hydrogen (secondary N) is 1. The molecule has 0 fully saturated rings. The summed E-state index contributed by atoms with van der Waals surface area (Å²) in [6, 6.07) is 5.10. The van der Waals surface area contributed by atoms with E-state index in [2.05, 4.69) is 38.4 Å². The van der Waals surface area contributed by atoms with Gasteiger partial charge in [0.1, 0.15) is 5.75 Å². The molecule has 0 radical (unpaired) electrons. The number of carbonyl (C=O) groups excluding carboxylic acids is 1. The first kappa shape index (κ1) is 17.5. The molecule has 9 heteroatoms. The summed E-state index contributed by atoms with van der Waals surface area (Å²) in [4.78, 5) is 11.8. The molecule has 1 amide bonds. The predicted molar refractivity (Wildman–Crippen MR) is 94.2 cm³/mol. The lowest BCUT2D eigenvalue weighted by atomic mass is 10.3. The number of thioether (sulfide) groups is 1. The van der Waals surface area contributed by atoms with Gasteiger partial charge in [0.05, 0.1) is 4.47 Å². The lowest BCUT2D eigenvalue weighted by Crippen LogP contribution is -2.20. The number of aromatic nitrogens is 2. The van der Waals surface area contributed by atoms with Crippen LogP contribution in [-0.4, -0.2) is 28.5 Å². The van der Waals surface area contributed by atoms with Crippen molar-refractivity contribution in [3.05, 3.63) is 27.7 Å². The van der Waals surface area contributed by atoms with Crippen LogP contribution in [-0.2, 0) is 4.79 Å². The van der Waals surface area contributed by atoms with Crippen molar-refractivity contribution < 1.29 is 9.53 Å². The highest BCUT2D eigenvalue weighted by Gasteiger charge is 2.10. The summed E-state index contributed by atoms with van der Waals surface area (Å²) in [5.41, 5.74) is 0. The second-order valence-electron chi connectivity index (χ2n) is 4.13. The molecule has 0 unspecified atom stereocenters. The van der Waals surface area contributed by atoms with E-state index in [9.17, 15) is 4.79 Å². The number of carbonyl (C=O) groups is 1. The number of nitrogens with zero attached hydrogens (tertiary/aromatic N) is 2. The zero-order chi connectivity index (χ0) is 15.9. The third kappa shape index (κ3) is 5.42. The maximum atomic E-state index is 11.8. The van der Waals surface area contributed by atoms with E-state index in [1.165, 1.54) is 11.3 Å². The van der Waals surface area contributed by atoms with E-state index in [4.69, 9.17) is 16.3 Å². The Morgan fingerprint density at radius 3 is 3.05 bits per heavy atom. The molecule has 2 aromatic rings. The summed E-state index contributed by atoms with van der Waals surface area (Å²) in [5, 5.41) is 11.7. The predicted octanol–water partition coefficient (Wildman–Crippen LogP) is 4.47. The molecule has 0 saturated heterocycles. The van der Waals surface area contributed by atoms with Crippen molar-refractivity contribution >= 4 is 61.7 Å². The fourth-order valence-corrected chi connectivity index (χ4v) is 3.89. The highest BCUT2D eigenvalue weighted by Crippen LogP contribution is 2.28. The van der Waals surface area contributed by atoms with Gasteiger partial charge in [-0.2, -0.15) is 0 Å². The Balaban J connectivity index is 1.83. The first-order valence-electron chi connectivity index (χ1n) is 6.42. The quantitative estimate of drug-likeness (QED) is 0.527. The minimum absolute atomic E-state index is 0.114. The van der Waals surface area contributed by atoms with Crippen LogP contribution in [0.3, 0.4) is 0 Å². The third-order valence-corrected chi connectivity index (χ3v) is 5.37. The van der Waals surface area contributed by atoms with E-state index in [1.54, 1.807) is 30.0 Å². The zero-order valence-electron chi connectivity index (χ0n) is 11.6. The zero-order valence-corrected chi connectivity index (χ0v) is 15.6. The Hall–Kier alpha value is -0.830. The van der Waals surface area contributed by atoms with E-state index >= 15 is 0 Å². The Bertz CT molecular complexity index is 654. The van der Waals surface area contributed by atoms with E-state index in [-0.39, 0.29) is 12.5 Å². The van der Waals surface area contributed by atoms with Gasteiger partial charge in [-0.15, -0.1) is 10.2 Å². The van der Waals surface area contributed by atoms with E-state index < -0.39 is 0 Å². The number of anilines is 1. The van der Waals surface area contributed by atoms with Gasteiger partial charge in [0.15, 0.2) is 10.9 Å². The molecule has 5 nitrogen and oxygen atoms in total. The molecule has 22 heavy (non-hydrogen) atoms. The van der Waals surface area contributed by atoms with E-state index in [0.717, 1.165) is 16.5 Å². The molecule has 0 spiro atoms. The number of hydrogen-bond acceptors (Lipinski definition) is 6. The topological polar surface area (TPSA) is 64.1 Å². The number of hydrogen-bond donors (Lipinski definition) is 1. The van der Waals surface area contributed by atoms with E-state index in [1.807, 2.05) is 0 Å². The van der Waals surface area contributed by atoms with Gasteiger partial charge in [-0.3, -0.25) is 10.1 Å². The molecule has 1 N–H and O–H groups in total. The Labute approximate surface area is 149 Å². The lowest BCUT2D eigenvalue weighted by molar-refractivity contribution is -0.118. The molecule has 0 aliphatic heterocycles. The Morgan fingerprint density at radius 2 is 2.32 bits per heavy atom. The van der Waals surface area contributed by atoms with Gasteiger partial charge in [0, 0.05) is 10.8 Å². The van der Waals surface area contributed by atoms with Crippen molar-refractivity contribution in [1.29, 1.82) is 0 Å². The van der Waals surface area contributed by atoms with Crippen LogP contribution in [0.4, 0.5) is 5.13 Å². The fraction of sp³-hybridized carbons (Fsp3) is 0.308. The molecule has 0 aliphatic carbocycles. The van der Waals surface area contributed by atoms with Crippen molar-refractivity contribution in [3.8, 4) is 5.75 Å². The molecule has 2 rings (SSSR count). The Kier molecular flexibility index (Phi) is 6.94. The molecule has 1 aromatic carbocycles. The van der Waals surface area contributed by atoms with Crippen LogP contribution in [0, 0.1) is 0 Å². The van der Waals surface area contributed by atoms with Crippen molar-refractivity contribution in [2.45, 2.75) is 17.7 Å². The van der Waals surface area contributed by atoms with Crippen molar-refractivity contribution in [1.82, 2.24) is 10.2 Å². The van der Waals surface area contributed by atoms with Crippen molar-refractivity contribution in [2.75, 3.05) is 17.7 Å². The normalized spacial score (nSPS) is 10.5.